The minimum atomic E-state index is -0.141. The van der Waals surface area contributed by atoms with E-state index in [0.717, 1.165) is 18.7 Å². The van der Waals surface area contributed by atoms with Gasteiger partial charge in [0.1, 0.15) is 5.69 Å². The van der Waals surface area contributed by atoms with Crippen LogP contribution in [-0.2, 0) is 16.1 Å². The van der Waals surface area contributed by atoms with Gasteiger partial charge in [0.2, 0.25) is 0 Å². The summed E-state index contributed by atoms with van der Waals surface area (Å²) in [4.78, 5) is 18.0. The maximum Gasteiger partial charge on any atom is 0.310 e. The second-order valence-corrected chi connectivity index (χ2v) is 4.74. The molecule has 2 rings (SSSR count). The number of methoxy groups -OCH3 is 3. The van der Waals surface area contributed by atoms with E-state index in [9.17, 15) is 4.79 Å². The fourth-order valence-electron chi connectivity index (χ4n) is 2.51. The van der Waals surface area contributed by atoms with Gasteiger partial charge in [-0.1, -0.05) is 0 Å². The lowest BCUT2D eigenvalue weighted by Crippen LogP contribution is -2.24. The zero-order valence-corrected chi connectivity index (χ0v) is 12.1. The van der Waals surface area contributed by atoms with E-state index in [2.05, 4.69) is 9.88 Å². The summed E-state index contributed by atoms with van der Waals surface area (Å²) in [5, 5.41) is 0. The molecule has 0 aliphatic carbocycles. The van der Waals surface area contributed by atoms with Crippen LogP contribution in [0.3, 0.4) is 0 Å². The molecular weight excluding hydrogens is 260 g/mol. The van der Waals surface area contributed by atoms with Crippen molar-refractivity contribution in [3.05, 3.63) is 18.0 Å². The molecule has 110 valence electrons. The SMILES string of the molecule is COC(=O)C1CCN(Cc2nccc(OC)c2OC)C1. The molecule has 1 aliphatic rings. The minimum absolute atomic E-state index is 0.0448. The number of carbonyl (C=O) groups is 1. The van der Waals surface area contributed by atoms with Gasteiger partial charge in [-0.25, -0.2) is 0 Å². The molecule has 20 heavy (non-hydrogen) atoms. The van der Waals surface area contributed by atoms with Crippen LogP contribution in [-0.4, -0.2) is 50.3 Å². The molecule has 1 aromatic rings. The highest BCUT2D eigenvalue weighted by atomic mass is 16.5. The Morgan fingerprint density at radius 1 is 1.40 bits per heavy atom. The molecule has 1 aliphatic heterocycles. The lowest BCUT2D eigenvalue weighted by molar-refractivity contribution is -0.144. The van der Waals surface area contributed by atoms with Gasteiger partial charge in [0, 0.05) is 25.4 Å². The zero-order valence-electron chi connectivity index (χ0n) is 12.1. The van der Waals surface area contributed by atoms with E-state index in [-0.39, 0.29) is 11.9 Å². The van der Waals surface area contributed by atoms with Gasteiger partial charge >= 0.3 is 5.97 Å². The Hall–Kier alpha value is -1.82. The Kier molecular flexibility index (Phi) is 4.79. The monoisotopic (exact) mass is 280 g/mol. The van der Waals surface area contributed by atoms with Crippen molar-refractivity contribution in [1.82, 2.24) is 9.88 Å². The Labute approximate surface area is 118 Å². The number of carbonyl (C=O) groups excluding carboxylic acids is 1. The molecule has 1 fully saturated rings. The van der Waals surface area contributed by atoms with Gasteiger partial charge in [0.05, 0.1) is 27.2 Å². The van der Waals surface area contributed by atoms with E-state index < -0.39 is 0 Å². The van der Waals surface area contributed by atoms with Gasteiger partial charge in [-0.3, -0.25) is 14.7 Å². The summed E-state index contributed by atoms with van der Waals surface area (Å²) in [5.74, 6) is 1.13. The molecular formula is C14H20N2O4. The number of ether oxygens (including phenoxy) is 3. The third-order valence-electron chi connectivity index (χ3n) is 3.55. The summed E-state index contributed by atoms with van der Waals surface area (Å²) in [6.07, 6.45) is 2.52. The highest BCUT2D eigenvalue weighted by molar-refractivity contribution is 5.72. The number of rotatable bonds is 5. The molecule has 1 aromatic heterocycles. The van der Waals surface area contributed by atoms with Crippen LogP contribution < -0.4 is 9.47 Å². The predicted molar refractivity (Wildman–Crippen MR) is 72.7 cm³/mol. The van der Waals surface area contributed by atoms with Gasteiger partial charge < -0.3 is 14.2 Å². The van der Waals surface area contributed by atoms with Gasteiger partial charge in [0.15, 0.2) is 11.5 Å². The maximum absolute atomic E-state index is 11.5. The average Bonchev–Trinajstić information content (AvgIpc) is 2.94. The zero-order chi connectivity index (χ0) is 14.5. The number of hydrogen-bond donors (Lipinski definition) is 0. The summed E-state index contributed by atoms with van der Waals surface area (Å²) in [6.45, 7) is 2.17. The molecule has 0 saturated carbocycles. The number of aromatic nitrogens is 1. The number of pyridine rings is 1. The minimum Gasteiger partial charge on any atom is -0.493 e. The summed E-state index contributed by atoms with van der Waals surface area (Å²) >= 11 is 0. The fourth-order valence-corrected chi connectivity index (χ4v) is 2.51. The number of nitrogens with zero attached hydrogens (tertiary/aromatic N) is 2. The molecule has 6 nitrogen and oxygen atoms in total. The summed E-state index contributed by atoms with van der Waals surface area (Å²) < 4.78 is 15.4. The smallest absolute Gasteiger partial charge is 0.310 e. The van der Waals surface area contributed by atoms with Crippen LogP contribution in [0.5, 0.6) is 11.5 Å². The molecule has 0 N–H and O–H groups in total. The first-order chi connectivity index (χ1) is 9.69. The molecule has 1 atom stereocenters. The molecule has 0 radical (unpaired) electrons. The van der Waals surface area contributed by atoms with E-state index in [1.807, 2.05) is 0 Å². The largest absolute Gasteiger partial charge is 0.493 e. The molecule has 0 spiro atoms. The van der Waals surface area contributed by atoms with Crippen molar-refractivity contribution in [2.75, 3.05) is 34.4 Å². The maximum atomic E-state index is 11.5. The Morgan fingerprint density at radius 3 is 2.85 bits per heavy atom. The molecule has 1 saturated heterocycles. The van der Waals surface area contributed by atoms with Crippen molar-refractivity contribution in [3.8, 4) is 11.5 Å². The van der Waals surface area contributed by atoms with Gasteiger partial charge in [0.25, 0.3) is 0 Å². The highest BCUT2D eigenvalue weighted by Gasteiger charge is 2.29. The van der Waals surface area contributed by atoms with Gasteiger partial charge in [-0.2, -0.15) is 0 Å². The first kappa shape index (κ1) is 14.6. The van der Waals surface area contributed by atoms with Crippen molar-refractivity contribution in [3.63, 3.8) is 0 Å². The third-order valence-corrected chi connectivity index (χ3v) is 3.55. The highest BCUT2D eigenvalue weighted by Crippen LogP contribution is 2.31. The molecule has 0 amide bonds. The van der Waals surface area contributed by atoms with Crippen molar-refractivity contribution in [2.45, 2.75) is 13.0 Å². The predicted octanol–water partition coefficient (Wildman–Crippen LogP) is 1.09. The van der Waals surface area contributed by atoms with Gasteiger partial charge in [-0.05, 0) is 13.0 Å². The van der Waals surface area contributed by atoms with Crippen LogP contribution in [0.1, 0.15) is 12.1 Å². The molecule has 6 heteroatoms. The molecule has 2 heterocycles. The van der Waals surface area contributed by atoms with Crippen molar-refractivity contribution in [1.29, 1.82) is 0 Å². The first-order valence-corrected chi connectivity index (χ1v) is 6.55. The lowest BCUT2D eigenvalue weighted by Gasteiger charge is -2.17. The molecule has 0 aromatic carbocycles. The van der Waals surface area contributed by atoms with E-state index >= 15 is 0 Å². The van der Waals surface area contributed by atoms with Crippen molar-refractivity contribution >= 4 is 5.97 Å². The van der Waals surface area contributed by atoms with Crippen molar-refractivity contribution in [2.24, 2.45) is 5.92 Å². The van der Waals surface area contributed by atoms with E-state index in [1.165, 1.54) is 7.11 Å². The lowest BCUT2D eigenvalue weighted by atomic mass is 10.1. The standard InChI is InChI=1S/C14H20N2O4/c1-18-12-4-6-15-11(13(12)19-2)9-16-7-5-10(8-16)14(17)20-3/h4,6,10H,5,7-9H2,1-3H3. The van der Waals surface area contributed by atoms with Crippen LogP contribution in [0.15, 0.2) is 12.3 Å². The number of likely N-dealkylation sites (tertiary alicyclic amines) is 1. The van der Waals surface area contributed by atoms with E-state index in [0.29, 0.717) is 24.6 Å². The van der Waals surface area contributed by atoms with Crippen LogP contribution in [0.4, 0.5) is 0 Å². The summed E-state index contributed by atoms with van der Waals surface area (Å²) in [7, 11) is 4.63. The van der Waals surface area contributed by atoms with Crippen molar-refractivity contribution < 1.29 is 19.0 Å². The average molecular weight is 280 g/mol. The topological polar surface area (TPSA) is 60.9 Å². The number of esters is 1. The van der Waals surface area contributed by atoms with Crippen LogP contribution in [0, 0.1) is 5.92 Å². The number of hydrogen-bond acceptors (Lipinski definition) is 6. The summed E-state index contributed by atoms with van der Waals surface area (Å²) in [5.41, 5.74) is 0.817. The van der Waals surface area contributed by atoms with Crippen LogP contribution in [0.25, 0.3) is 0 Å². The molecule has 0 bridgehead atoms. The second kappa shape index (κ2) is 6.56. The Balaban J connectivity index is 2.06. The fraction of sp³-hybridized carbons (Fsp3) is 0.571. The van der Waals surface area contributed by atoms with Crippen LogP contribution in [0.2, 0.25) is 0 Å². The van der Waals surface area contributed by atoms with Crippen LogP contribution >= 0.6 is 0 Å². The quantitative estimate of drug-likeness (QED) is 0.753. The Morgan fingerprint density at radius 2 is 2.20 bits per heavy atom. The second-order valence-electron chi connectivity index (χ2n) is 4.74. The van der Waals surface area contributed by atoms with E-state index in [4.69, 9.17) is 14.2 Å². The molecule has 1 unspecified atom stereocenters. The normalized spacial score (nSPS) is 18.9. The summed E-state index contributed by atoms with van der Waals surface area (Å²) in [6, 6.07) is 1.77. The first-order valence-electron chi connectivity index (χ1n) is 6.55. The van der Waals surface area contributed by atoms with Gasteiger partial charge in [-0.15, -0.1) is 0 Å². The van der Waals surface area contributed by atoms with E-state index in [1.54, 1.807) is 26.5 Å². The Bertz CT molecular complexity index is 478. The third kappa shape index (κ3) is 3.01.